The van der Waals surface area contributed by atoms with Gasteiger partial charge in [0.1, 0.15) is 18.5 Å². The van der Waals surface area contributed by atoms with Crippen LogP contribution in [0, 0.1) is 0 Å². The molecule has 0 aromatic rings. The number of aliphatic hydroxyl groups is 1. The Morgan fingerprint density at radius 3 is 2.15 bits per heavy atom. The summed E-state index contributed by atoms with van der Waals surface area (Å²) in [5.41, 5.74) is 0. The molecule has 10 nitrogen and oxygen atoms in total. The second-order valence-corrected chi connectivity index (χ2v) is 14.9. The number of thioether (sulfide) groups is 8. The first-order valence-electron chi connectivity index (χ1n) is 9.40. The van der Waals surface area contributed by atoms with E-state index in [4.69, 9.17) is 14.7 Å². The highest BCUT2D eigenvalue weighted by molar-refractivity contribution is 8.26. The Morgan fingerprint density at radius 1 is 0.824 bits per heavy atom. The van der Waals surface area contributed by atoms with Crippen LogP contribution in [0.4, 0.5) is 4.79 Å². The van der Waals surface area contributed by atoms with Crippen molar-refractivity contribution in [2.24, 2.45) is 9.98 Å². The van der Waals surface area contributed by atoms with Gasteiger partial charge >= 0.3 is 6.09 Å². The summed E-state index contributed by atoms with van der Waals surface area (Å²) in [4.78, 5) is 37.9. The van der Waals surface area contributed by atoms with E-state index in [1.165, 1.54) is 12.8 Å². The predicted octanol–water partition coefficient (Wildman–Crippen LogP) is 4.73. The van der Waals surface area contributed by atoms with Crippen molar-refractivity contribution in [2.75, 3.05) is 74.4 Å². The van der Waals surface area contributed by atoms with Crippen LogP contribution in [0.15, 0.2) is 9.98 Å². The van der Waals surface area contributed by atoms with Gasteiger partial charge in [-0.3, -0.25) is 4.99 Å². The number of rotatable bonds is 26. The molecule has 18 heteroatoms. The van der Waals surface area contributed by atoms with Crippen LogP contribution in [0.25, 0.3) is 0 Å². The molecule has 0 rings (SSSR count). The molecule has 0 aliphatic rings. The van der Waals surface area contributed by atoms with E-state index >= 15 is 0 Å². The summed E-state index contributed by atoms with van der Waals surface area (Å²) in [6.07, 6.45) is 2.10. The number of carbonyl (C=O) groups is 1. The topological polar surface area (TPSA) is 120 Å². The molecule has 0 saturated heterocycles. The normalized spacial score (nSPS) is 11.4. The fraction of sp³-hybridized carbons (Fsp3) is 0.812. The molecule has 1 amide bonds. The number of hydrogen-bond donors (Lipinski definition) is 2. The monoisotopic (exact) mass is 633 g/mol. The third-order valence-corrected chi connectivity index (χ3v) is 11.7. The van der Waals surface area contributed by atoms with Crippen molar-refractivity contribution in [1.82, 2.24) is 5.32 Å². The van der Waals surface area contributed by atoms with Gasteiger partial charge in [-0.25, -0.2) is 9.79 Å². The lowest BCUT2D eigenvalue weighted by Gasteiger charge is -2.07. The third-order valence-electron chi connectivity index (χ3n) is 2.47. The van der Waals surface area contributed by atoms with Gasteiger partial charge in [-0.15, -0.1) is 94.1 Å². The molecule has 2 N–H and O–H groups in total. The maximum atomic E-state index is 11.6. The summed E-state index contributed by atoms with van der Waals surface area (Å²) in [5.74, 6) is 1.94. The Hall–Kier alpha value is 0.890. The number of nitrogens with one attached hydrogen (secondary N) is 1. The van der Waals surface area contributed by atoms with Crippen LogP contribution >= 0.6 is 94.1 Å². The van der Waals surface area contributed by atoms with Gasteiger partial charge in [0, 0.05) is 37.6 Å². The number of alkyl carbamates (subject to hydrolysis) is 1. The van der Waals surface area contributed by atoms with E-state index in [0.29, 0.717) is 23.6 Å². The molecule has 0 aliphatic carbocycles. The molecule has 34 heavy (non-hydrogen) atoms. The quantitative estimate of drug-likeness (QED) is 0.0341. The van der Waals surface area contributed by atoms with Crippen LogP contribution in [-0.4, -0.2) is 98.4 Å². The summed E-state index contributed by atoms with van der Waals surface area (Å²) in [7, 11) is 1.61. The van der Waals surface area contributed by atoms with Gasteiger partial charge in [0.05, 0.1) is 18.4 Å². The highest BCUT2D eigenvalue weighted by atomic mass is 32.3. The molecule has 200 valence electrons. The van der Waals surface area contributed by atoms with E-state index in [9.17, 15) is 4.79 Å². The molecule has 0 unspecified atom stereocenters. The fourth-order valence-electron chi connectivity index (χ4n) is 1.26. The Balaban J connectivity index is 3.19. The Kier molecular flexibility index (Phi) is 32.8. The molecular weight excluding hydrogens is 603 g/mol. The van der Waals surface area contributed by atoms with Gasteiger partial charge in [-0.2, -0.15) is 9.78 Å². The number of carbonyl (C=O) groups excluding carboxylic acids is 1. The van der Waals surface area contributed by atoms with Crippen LogP contribution in [0.1, 0.15) is 0 Å². The maximum Gasteiger partial charge on any atom is 0.408 e. The van der Waals surface area contributed by atoms with Gasteiger partial charge in [0.15, 0.2) is 0 Å². The van der Waals surface area contributed by atoms with E-state index in [2.05, 4.69) is 30.0 Å². The molecule has 0 aromatic heterocycles. The average molecular weight is 634 g/mol. The van der Waals surface area contributed by atoms with Crippen molar-refractivity contribution in [3.05, 3.63) is 0 Å². The highest BCUT2D eigenvalue weighted by Gasteiger charge is 2.01. The lowest BCUT2D eigenvalue weighted by molar-refractivity contribution is -0.221. The van der Waals surface area contributed by atoms with E-state index in [1.807, 2.05) is 11.8 Å². The first-order chi connectivity index (χ1) is 16.8. The summed E-state index contributed by atoms with van der Waals surface area (Å²) in [6.45, 7) is 0.0447. The predicted molar refractivity (Wildman–Crippen MR) is 158 cm³/mol. The largest absolute Gasteiger partial charge is 0.438 e. The van der Waals surface area contributed by atoms with Crippen LogP contribution in [0.2, 0.25) is 0 Å². The molecule has 0 aliphatic heterocycles. The van der Waals surface area contributed by atoms with Crippen molar-refractivity contribution < 1.29 is 34.2 Å². The van der Waals surface area contributed by atoms with Crippen molar-refractivity contribution in [1.29, 1.82) is 0 Å². The molecule has 0 radical (unpaired) electrons. The fourth-order valence-corrected chi connectivity index (χ4v) is 9.50. The zero-order valence-corrected chi connectivity index (χ0v) is 25.2. The summed E-state index contributed by atoms with van der Waals surface area (Å²) in [6, 6.07) is 0. The molecule has 0 atom stereocenters. The highest BCUT2D eigenvalue weighted by Crippen LogP contribution is 2.22. The molecular formula is C16H31N3O7S8. The minimum absolute atomic E-state index is 0.0842. The first-order valence-corrected chi connectivity index (χ1v) is 18.6. The molecule has 0 aromatic carbocycles. The van der Waals surface area contributed by atoms with Crippen LogP contribution < -0.4 is 5.32 Å². The van der Waals surface area contributed by atoms with E-state index < -0.39 is 0 Å². The molecule has 0 spiro atoms. The smallest absolute Gasteiger partial charge is 0.408 e. The second kappa shape index (κ2) is 31.9. The standard InChI is InChI=1S/C16H31N3O7S8/c1-17-4-24-26-9-30-13-34-15-33-12-29-8-22-16(21)19-7-28-11-32-14-31-10-27-6-18-5-25-23-3-2-20/h4-5,20H,2-3,6-15H2,1H3,(H,19,21)/b17-4?,18-5+. The van der Waals surface area contributed by atoms with Crippen molar-refractivity contribution in [3.8, 4) is 0 Å². The van der Waals surface area contributed by atoms with Gasteiger partial charge in [-0.05, 0) is 0 Å². The van der Waals surface area contributed by atoms with Crippen LogP contribution in [-0.2, 0) is 24.3 Å². The van der Waals surface area contributed by atoms with Crippen molar-refractivity contribution in [2.45, 2.75) is 0 Å². The van der Waals surface area contributed by atoms with Gasteiger partial charge < -0.3 is 24.9 Å². The number of amides is 1. The number of aliphatic imine (C=N–C) groups is 2. The summed E-state index contributed by atoms with van der Waals surface area (Å²) in [5, 5.41) is 16.8. The van der Waals surface area contributed by atoms with Gasteiger partial charge in [0.2, 0.25) is 12.8 Å². The first kappa shape index (κ1) is 34.9. The SMILES string of the molecule is CN=COOCSCSCSCSCOC(=O)NCSCSCSCSC/N=C/OOCCO. The number of nitrogens with zero attached hydrogens (tertiary/aromatic N) is 2. The van der Waals surface area contributed by atoms with Gasteiger partial charge in [0.25, 0.3) is 0 Å². The van der Waals surface area contributed by atoms with E-state index in [-0.39, 0.29) is 19.3 Å². The van der Waals surface area contributed by atoms with Gasteiger partial charge in [-0.1, -0.05) is 0 Å². The Labute approximate surface area is 235 Å². The third kappa shape index (κ3) is 30.9. The zero-order valence-electron chi connectivity index (χ0n) is 18.7. The summed E-state index contributed by atoms with van der Waals surface area (Å²) < 4.78 is 5.13. The number of ether oxygens (including phenoxy) is 1. The van der Waals surface area contributed by atoms with Crippen LogP contribution in [0.3, 0.4) is 0 Å². The number of aliphatic hydroxyl groups excluding tert-OH is 1. The van der Waals surface area contributed by atoms with Crippen LogP contribution in [0.5, 0.6) is 0 Å². The van der Waals surface area contributed by atoms with Crippen molar-refractivity contribution in [3.63, 3.8) is 0 Å². The molecule has 0 heterocycles. The molecule has 0 saturated carbocycles. The minimum atomic E-state index is -0.381. The van der Waals surface area contributed by atoms with E-state index in [1.54, 1.807) is 89.4 Å². The van der Waals surface area contributed by atoms with E-state index in [0.717, 1.165) is 30.5 Å². The summed E-state index contributed by atoms with van der Waals surface area (Å²) >= 11 is 13.7. The lowest BCUT2D eigenvalue weighted by Crippen LogP contribution is -2.23. The zero-order chi connectivity index (χ0) is 24.8. The van der Waals surface area contributed by atoms with Crippen molar-refractivity contribution >= 4 is 113 Å². The lowest BCUT2D eigenvalue weighted by atomic mass is 10.8. The molecule has 0 bridgehead atoms. The average Bonchev–Trinajstić information content (AvgIpc) is 2.84. The molecule has 0 fully saturated rings. The maximum absolute atomic E-state index is 11.6. The minimum Gasteiger partial charge on any atom is -0.438 e. The Bertz CT molecular complexity index is 502. The number of hydrogen-bond acceptors (Lipinski definition) is 17. The second-order valence-electron chi connectivity index (χ2n) is 4.97. The Morgan fingerprint density at radius 2 is 1.44 bits per heavy atom.